The van der Waals surface area contributed by atoms with E-state index in [2.05, 4.69) is 44.7 Å². The molecule has 4 heterocycles. The van der Waals surface area contributed by atoms with Crippen molar-refractivity contribution in [1.29, 1.82) is 0 Å². The molecule has 14 heteroatoms. The van der Waals surface area contributed by atoms with Gasteiger partial charge in [0.2, 0.25) is 5.91 Å². The highest BCUT2D eigenvalue weighted by atomic mass is 32.1. The molecule has 1 aromatic heterocycles. The number of likely N-dealkylation sites (tertiary alicyclic amines) is 1. The molecule has 1 spiro atoms. The van der Waals surface area contributed by atoms with Gasteiger partial charge in [-0.3, -0.25) is 19.3 Å². The molecule has 2 saturated heterocycles. The van der Waals surface area contributed by atoms with E-state index in [-0.39, 0.29) is 41.7 Å². The van der Waals surface area contributed by atoms with Crippen molar-refractivity contribution < 1.29 is 33.7 Å². The summed E-state index contributed by atoms with van der Waals surface area (Å²) in [6.45, 7) is 7.49. The molecule has 2 saturated carbocycles. The highest BCUT2D eigenvalue weighted by Crippen LogP contribution is 2.39. The molecule has 330 valence electrons. The Morgan fingerprint density at radius 1 is 0.984 bits per heavy atom. The molecular weight excluding hydrogens is 793 g/mol. The Labute approximate surface area is 364 Å². The molecule has 2 aromatic carbocycles. The first kappa shape index (κ1) is 43.6. The maximum Gasteiger partial charge on any atom is 0.273 e. The minimum atomic E-state index is -0.284. The van der Waals surface area contributed by atoms with Gasteiger partial charge < -0.3 is 39.8 Å². The average molecular weight is 857 g/mol. The van der Waals surface area contributed by atoms with Gasteiger partial charge in [-0.25, -0.2) is 4.98 Å². The molecule has 3 aliphatic heterocycles. The highest BCUT2D eigenvalue weighted by Gasteiger charge is 2.41. The number of carbonyl (C=O) groups is 3. The van der Waals surface area contributed by atoms with Crippen molar-refractivity contribution in [3.63, 3.8) is 0 Å². The van der Waals surface area contributed by atoms with Crippen LogP contribution in [0.4, 0.5) is 5.69 Å². The number of thiazole rings is 1. The van der Waals surface area contributed by atoms with Gasteiger partial charge in [-0.1, -0.05) is 62.4 Å². The van der Waals surface area contributed by atoms with E-state index in [0.717, 1.165) is 75.2 Å². The minimum Gasteiger partial charge on any atom is -0.506 e. The van der Waals surface area contributed by atoms with Crippen molar-refractivity contribution in [2.75, 3.05) is 77.6 Å². The number of benzene rings is 2. The van der Waals surface area contributed by atoms with E-state index < -0.39 is 0 Å². The van der Waals surface area contributed by atoms with Gasteiger partial charge in [-0.15, -0.1) is 11.3 Å². The van der Waals surface area contributed by atoms with Crippen molar-refractivity contribution in [3.8, 4) is 11.5 Å². The third kappa shape index (κ3) is 11.3. The molecule has 0 atom stereocenters. The van der Waals surface area contributed by atoms with E-state index in [1.165, 1.54) is 43.2 Å². The van der Waals surface area contributed by atoms with Crippen LogP contribution in [-0.4, -0.2) is 126 Å². The topological polar surface area (TPSA) is 146 Å². The van der Waals surface area contributed by atoms with Crippen LogP contribution >= 0.6 is 11.3 Å². The molecule has 3 N–H and O–H groups in total. The van der Waals surface area contributed by atoms with Crippen molar-refractivity contribution in [2.24, 2.45) is 0 Å². The zero-order chi connectivity index (χ0) is 42.0. The molecule has 61 heavy (non-hydrogen) atoms. The lowest BCUT2D eigenvalue weighted by Gasteiger charge is -2.47. The zero-order valence-electron chi connectivity index (χ0n) is 35.7. The van der Waals surface area contributed by atoms with Gasteiger partial charge >= 0.3 is 0 Å². The predicted octanol–water partition coefficient (Wildman–Crippen LogP) is 6.29. The summed E-state index contributed by atoms with van der Waals surface area (Å²) in [4.78, 5) is 50.2. The number of carbonyl (C=O) groups excluding carboxylic acids is 3. The number of nitrogens with zero attached hydrogens (tertiary/aromatic N) is 4. The molecule has 0 bridgehead atoms. The van der Waals surface area contributed by atoms with Gasteiger partial charge in [0.25, 0.3) is 11.8 Å². The fourth-order valence-electron chi connectivity index (χ4n) is 9.95. The lowest BCUT2D eigenvalue weighted by Crippen LogP contribution is -2.58. The Kier molecular flexibility index (Phi) is 14.9. The number of aromatic nitrogens is 1. The number of nitrogens with one attached hydrogen (secondary N) is 2. The van der Waals surface area contributed by atoms with Crippen LogP contribution in [-0.2, 0) is 38.4 Å². The molecular formula is C47H64N6O7S. The summed E-state index contributed by atoms with van der Waals surface area (Å²) in [5.74, 6) is 0.980. The number of fused-ring (bicyclic) bond motifs is 1. The quantitative estimate of drug-likeness (QED) is 0.105. The predicted molar refractivity (Wildman–Crippen MR) is 235 cm³/mol. The molecule has 2 aliphatic carbocycles. The second kappa shape index (κ2) is 20.9. The number of morpholine rings is 1. The molecule has 0 radical (unpaired) electrons. The summed E-state index contributed by atoms with van der Waals surface area (Å²) in [7, 11) is 0. The van der Waals surface area contributed by atoms with E-state index in [9.17, 15) is 19.5 Å². The maximum absolute atomic E-state index is 13.6. The van der Waals surface area contributed by atoms with E-state index in [1.807, 2.05) is 16.3 Å². The Hall–Kier alpha value is -4.08. The Bertz CT molecular complexity index is 1950. The molecule has 3 amide bonds. The Morgan fingerprint density at radius 3 is 2.62 bits per heavy atom. The third-order valence-corrected chi connectivity index (χ3v) is 14.4. The van der Waals surface area contributed by atoms with Crippen molar-refractivity contribution >= 4 is 34.7 Å². The van der Waals surface area contributed by atoms with E-state index in [4.69, 9.17) is 19.2 Å². The Morgan fingerprint density at radius 2 is 1.79 bits per heavy atom. The first-order valence-corrected chi connectivity index (χ1v) is 23.7. The lowest BCUT2D eigenvalue weighted by atomic mass is 9.89. The molecule has 13 nitrogen and oxygen atoms in total. The zero-order valence-corrected chi connectivity index (χ0v) is 36.5. The van der Waals surface area contributed by atoms with E-state index in [0.29, 0.717) is 88.4 Å². The van der Waals surface area contributed by atoms with Crippen LogP contribution < -0.4 is 15.4 Å². The second-order valence-electron chi connectivity index (χ2n) is 17.7. The number of rotatable bonds is 17. The molecule has 8 rings (SSSR count). The summed E-state index contributed by atoms with van der Waals surface area (Å²) in [5.41, 5.74) is 4.09. The second-order valence-corrected chi connectivity index (χ2v) is 18.6. The molecule has 3 aromatic rings. The number of anilines is 1. The van der Waals surface area contributed by atoms with Gasteiger partial charge in [0.05, 0.1) is 43.4 Å². The number of phenols is 1. The maximum atomic E-state index is 13.6. The van der Waals surface area contributed by atoms with Gasteiger partial charge in [-0.2, -0.15) is 0 Å². The highest BCUT2D eigenvalue weighted by molar-refractivity contribution is 7.09. The van der Waals surface area contributed by atoms with Gasteiger partial charge in [0.1, 0.15) is 17.1 Å². The minimum absolute atomic E-state index is 0.00301. The van der Waals surface area contributed by atoms with Crippen molar-refractivity contribution in [2.45, 2.75) is 114 Å². The first-order chi connectivity index (χ1) is 29.8. The van der Waals surface area contributed by atoms with E-state index >= 15 is 0 Å². The molecule has 0 unspecified atom stereocenters. The summed E-state index contributed by atoms with van der Waals surface area (Å²) >= 11 is 1.65. The number of amides is 3. The summed E-state index contributed by atoms with van der Waals surface area (Å²) < 4.78 is 18.1. The number of phenolic OH excluding ortho intramolecular Hbond substituents is 1. The standard InChI is InChI=1S/C47H64N6O7S/c54-40-14-13-36(44-43(40)50-41(55)31-59-44)15-20-48-21-24-53(38-11-2-1-3-12-38)42(56)17-27-58-26-16-34-7-6-8-35(29-34)30-51-22-18-47(19-23-51)33-52(25-28-60-47)46(57)39-32-61-45(49-39)37-9-4-5-10-37/h6-8,13-14,29,32,37-38,48,54H,1-5,9-12,15-28,30-31,33H2,(H,50,55). The molecule has 5 aliphatic rings. The van der Waals surface area contributed by atoms with Crippen LogP contribution in [0.3, 0.4) is 0 Å². The summed E-state index contributed by atoms with van der Waals surface area (Å²) in [6, 6.07) is 12.4. The van der Waals surface area contributed by atoms with Crippen LogP contribution in [0, 0.1) is 0 Å². The monoisotopic (exact) mass is 856 g/mol. The van der Waals surface area contributed by atoms with Gasteiger partial charge in [0, 0.05) is 56.6 Å². The fourth-order valence-corrected chi connectivity index (χ4v) is 10.9. The lowest BCUT2D eigenvalue weighted by molar-refractivity contribution is -0.135. The van der Waals surface area contributed by atoms with Crippen LogP contribution in [0.25, 0.3) is 0 Å². The number of hydrogen-bond acceptors (Lipinski definition) is 11. The number of hydrogen-bond donors (Lipinski definition) is 3. The Balaban J connectivity index is 0.739. The fraction of sp³-hybridized carbons (Fsp3) is 0.617. The summed E-state index contributed by atoms with van der Waals surface area (Å²) in [5, 5.41) is 19.5. The first-order valence-electron chi connectivity index (χ1n) is 22.9. The van der Waals surface area contributed by atoms with Crippen LogP contribution in [0.5, 0.6) is 11.5 Å². The SMILES string of the molecule is O=C1COc2c(CCNCCN(C(=O)CCOCCc3cccc(CN4CCC5(CC4)CN(C(=O)c4csc(C6CCCC6)n4)CCO5)c3)C3CCCCC3)ccc(O)c2N1. The largest absolute Gasteiger partial charge is 0.506 e. The number of piperidine rings is 1. The van der Waals surface area contributed by atoms with Gasteiger partial charge in [-0.05, 0) is 80.7 Å². The summed E-state index contributed by atoms with van der Waals surface area (Å²) in [6.07, 6.45) is 14.2. The van der Waals surface area contributed by atoms with Crippen LogP contribution in [0.15, 0.2) is 41.8 Å². The smallest absolute Gasteiger partial charge is 0.273 e. The molecule has 4 fully saturated rings. The third-order valence-electron chi connectivity index (χ3n) is 13.4. The number of ether oxygens (including phenoxy) is 3. The van der Waals surface area contributed by atoms with Crippen molar-refractivity contribution in [1.82, 2.24) is 25.0 Å². The van der Waals surface area contributed by atoms with Crippen molar-refractivity contribution in [3.05, 3.63) is 69.2 Å². The van der Waals surface area contributed by atoms with Crippen LogP contribution in [0.2, 0.25) is 0 Å². The van der Waals surface area contributed by atoms with Crippen LogP contribution in [0.1, 0.15) is 115 Å². The van der Waals surface area contributed by atoms with E-state index in [1.54, 1.807) is 17.4 Å². The average Bonchev–Trinajstić information content (AvgIpc) is 4.01. The number of aromatic hydroxyl groups is 1. The normalized spacial score (nSPS) is 19.7. The van der Waals surface area contributed by atoms with Gasteiger partial charge in [0.15, 0.2) is 12.4 Å².